The number of guanidine groups is 1. The Morgan fingerprint density at radius 2 is 1.93 bits per heavy atom. The first-order valence-electron chi connectivity index (χ1n) is 9.43. The lowest BCUT2D eigenvalue weighted by Gasteiger charge is -2.20. The lowest BCUT2D eigenvalue weighted by molar-refractivity contribution is 0.580. The molecule has 0 spiro atoms. The Morgan fingerprint density at radius 3 is 2.61 bits per heavy atom. The van der Waals surface area contributed by atoms with Gasteiger partial charge in [-0.25, -0.2) is 16.8 Å². The van der Waals surface area contributed by atoms with Crippen molar-refractivity contribution in [1.29, 1.82) is 0 Å². The number of hydrogen-bond donors (Lipinski definition) is 2. The van der Waals surface area contributed by atoms with Gasteiger partial charge in [0.25, 0.3) is 0 Å². The van der Waals surface area contributed by atoms with Crippen LogP contribution in [0.4, 0.5) is 5.69 Å². The van der Waals surface area contributed by atoms with Gasteiger partial charge in [0.05, 0.1) is 23.7 Å². The number of sulfonamides is 1. The molecular formula is C18H30N4O4S2. The quantitative estimate of drug-likeness (QED) is 0.442. The van der Waals surface area contributed by atoms with Gasteiger partial charge in [0.2, 0.25) is 10.0 Å². The van der Waals surface area contributed by atoms with Crippen molar-refractivity contribution in [2.45, 2.75) is 32.7 Å². The molecule has 1 aromatic rings. The average Bonchev–Trinajstić information content (AvgIpc) is 3.04. The van der Waals surface area contributed by atoms with Crippen molar-refractivity contribution in [3.05, 3.63) is 29.8 Å². The number of hydrogen-bond acceptors (Lipinski definition) is 5. The van der Waals surface area contributed by atoms with E-state index in [0.717, 1.165) is 17.7 Å². The van der Waals surface area contributed by atoms with Crippen LogP contribution in [0.2, 0.25) is 0 Å². The number of aliphatic imine (C=N–C) groups is 1. The summed E-state index contributed by atoms with van der Waals surface area (Å²) in [4.78, 5) is 4.35. The second kappa shape index (κ2) is 9.60. The average molecular weight is 431 g/mol. The van der Waals surface area contributed by atoms with Crippen molar-refractivity contribution < 1.29 is 16.8 Å². The minimum atomic E-state index is -3.45. The fraction of sp³-hybridized carbons (Fsp3) is 0.611. The summed E-state index contributed by atoms with van der Waals surface area (Å²) in [5, 5.41) is 6.19. The Bertz CT molecular complexity index is 898. The maximum Gasteiger partial charge on any atom is 0.237 e. The third-order valence-electron chi connectivity index (χ3n) is 4.45. The molecule has 1 heterocycles. The molecule has 0 radical (unpaired) electrons. The standard InChI is InChI=1S/C18H30N4O4S2/c1-4-19-18(21-15(2)10-13-27(3,23)24)20-11-14-28(25,26)22-12-9-16-7-5-6-8-17(16)22/h5-8,15H,4,9-14H2,1-3H3,(H2,19,20,21). The molecule has 10 heteroatoms. The van der Waals surface area contributed by atoms with Crippen LogP contribution in [0.5, 0.6) is 0 Å². The molecule has 0 fully saturated rings. The molecule has 1 atom stereocenters. The van der Waals surface area contributed by atoms with Crippen molar-refractivity contribution in [1.82, 2.24) is 10.6 Å². The smallest absolute Gasteiger partial charge is 0.237 e. The summed E-state index contributed by atoms with van der Waals surface area (Å²) in [6, 6.07) is 7.44. The van der Waals surface area contributed by atoms with Gasteiger partial charge in [-0.05, 0) is 38.3 Å². The van der Waals surface area contributed by atoms with Crippen LogP contribution < -0.4 is 14.9 Å². The highest BCUT2D eigenvalue weighted by atomic mass is 32.2. The highest BCUT2D eigenvalue weighted by Gasteiger charge is 2.28. The van der Waals surface area contributed by atoms with Gasteiger partial charge in [-0.3, -0.25) is 9.30 Å². The van der Waals surface area contributed by atoms with Crippen LogP contribution in [0.3, 0.4) is 0 Å². The molecule has 0 bridgehead atoms. The number of sulfone groups is 1. The molecule has 1 unspecified atom stereocenters. The van der Waals surface area contributed by atoms with Crippen molar-refractivity contribution >= 4 is 31.5 Å². The van der Waals surface area contributed by atoms with E-state index in [1.807, 2.05) is 38.1 Å². The van der Waals surface area contributed by atoms with E-state index in [9.17, 15) is 16.8 Å². The van der Waals surface area contributed by atoms with Crippen molar-refractivity contribution in [2.24, 2.45) is 4.99 Å². The van der Waals surface area contributed by atoms with Gasteiger partial charge in [0, 0.05) is 25.4 Å². The first kappa shape index (κ1) is 22.5. The second-order valence-electron chi connectivity index (χ2n) is 6.99. The summed E-state index contributed by atoms with van der Waals surface area (Å²) in [5.74, 6) is 0.486. The van der Waals surface area contributed by atoms with E-state index in [1.54, 1.807) is 0 Å². The zero-order valence-electron chi connectivity index (χ0n) is 16.7. The van der Waals surface area contributed by atoms with Gasteiger partial charge in [0.15, 0.2) is 5.96 Å². The molecule has 1 aliphatic rings. The molecule has 2 rings (SSSR count). The third kappa shape index (κ3) is 6.66. The fourth-order valence-corrected chi connectivity index (χ4v) is 5.17. The van der Waals surface area contributed by atoms with Gasteiger partial charge in [-0.15, -0.1) is 0 Å². The summed E-state index contributed by atoms with van der Waals surface area (Å²) in [6.45, 7) is 4.99. The number of fused-ring (bicyclic) bond motifs is 1. The van der Waals surface area contributed by atoms with Crippen molar-refractivity contribution in [3.8, 4) is 0 Å². The van der Waals surface area contributed by atoms with Crippen LogP contribution >= 0.6 is 0 Å². The maximum absolute atomic E-state index is 12.7. The summed E-state index contributed by atoms with van der Waals surface area (Å²) >= 11 is 0. The maximum atomic E-state index is 12.7. The molecule has 8 nitrogen and oxygen atoms in total. The Kier molecular flexibility index (Phi) is 7.70. The van der Waals surface area contributed by atoms with Gasteiger partial charge in [-0.1, -0.05) is 18.2 Å². The molecule has 0 saturated heterocycles. The van der Waals surface area contributed by atoms with Crippen LogP contribution in [0.15, 0.2) is 29.3 Å². The molecule has 0 aromatic heterocycles. The van der Waals surface area contributed by atoms with Crippen molar-refractivity contribution in [3.63, 3.8) is 0 Å². The molecule has 0 aliphatic carbocycles. The number of rotatable bonds is 9. The Labute approximate surface area is 168 Å². The number of nitrogens with zero attached hydrogens (tertiary/aromatic N) is 2. The highest BCUT2D eigenvalue weighted by molar-refractivity contribution is 7.92. The number of para-hydroxylation sites is 1. The third-order valence-corrected chi connectivity index (χ3v) is 7.18. The first-order valence-corrected chi connectivity index (χ1v) is 13.1. The SMILES string of the molecule is CCNC(=NCCS(=O)(=O)N1CCc2ccccc21)NC(C)CCS(C)(=O)=O. The summed E-state index contributed by atoms with van der Waals surface area (Å²) < 4.78 is 49.5. The van der Waals surface area contributed by atoms with E-state index in [-0.39, 0.29) is 24.1 Å². The number of benzene rings is 1. The molecule has 1 aliphatic heterocycles. The van der Waals surface area contributed by atoms with Crippen LogP contribution in [0.1, 0.15) is 25.8 Å². The Balaban J connectivity index is 1.95. The molecule has 2 N–H and O–H groups in total. The lowest BCUT2D eigenvalue weighted by atomic mass is 10.2. The Hall–Kier alpha value is -1.81. The zero-order valence-corrected chi connectivity index (χ0v) is 18.3. The zero-order chi connectivity index (χ0) is 20.8. The lowest BCUT2D eigenvalue weighted by Crippen LogP contribution is -2.43. The predicted octanol–water partition coefficient (Wildman–Crippen LogP) is 0.757. The molecule has 0 saturated carbocycles. The topological polar surface area (TPSA) is 108 Å². The number of nitrogens with one attached hydrogen (secondary N) is 2. The van der Waals surface area contributed by atoms with E-state index in [2.05, 4.69) is 15.6 Å². The van der Waals surface area contributed by atoms with Crippen LogP contribution in [0.25, 0.3) is 0 Å². The first-order chi connectivity index (χ1) is 13.1. The van der Waals surface area contributed by atoms with E-state index >= 15 is 0 Å². The molecule has 1 aromatic carbocycles. The molecule has 158 valence electrons. The van der Waals surface area contributed by atoms with Crippen LogP contribution in [0, 0.1) is 0 Å². The minimum absolute atomic E-state index is 0.0866. The fourth-order valence-electron chi connectivity index (χ4n) is 3.00. The summed E-state index contributed by atoms with van der Waals surface area (Å²) in [6.07, 6.45) is 2.38. The van der Waals surface area contributed by atoms with Gasteiger partial charge in [0.1, 0.15) is 9.84 Å². The monoisotopic (exact) mass is 430 g/mol. The van der Waals surface area contributed by atoms with Gasteiger partial charge in [-0.2, -0.15) is 0 Å². The van der Waals surface area contributed by atoms with E-state index < -0.39 is 19.9 Å². The Morgan fingerprint density at radius 1 is 1.21 bits per heavy atom. The van der Waals surface area contributed by atoms with Crippen LogP contribution in [-0.4, -0.2) is 66.2 Å². The normalized spacial score (nSPS) is 16.0. The summed E-state index contributed by atoms with van der Waals surface area (Å²) in [7, 11) is -6.47. The van der Waals surface area contributed by atoms with Crippen molar-refractivity contribution in [2.75, 3.05) is 41.7 Å². The molecule has 0 amide bonds. The largest absolute Gasteiger partial charge is 0.357 e. The molecular weight excluding hydrogens is 400 g/mol. The van der Waals surface area contributed by atoms with Gasteiger partial charge >= 0.3 is 0 Å². The van der Waals surface area contributed by atoms with Crippen LogP contribution in [-0.2, 0) is 26.3 Å². The molecule has 28 heavy (non-hydrogen) atoms. The minimum Gasteiger partial charge on any atom is -0.357 e. The van der Waals surface area contributed by atoms with E-state index in [1.165, 1.54) is 10.6 Å². The second-order valence-corrected chi connectivity index (χ2v) is 11.3. The summed E-state index contributed by atoms with van der Waals surface area (Å²) in [5.41, 5.74) is 1.80. The highest BCUT2D eigenvalue weighted by Crippen LogP contribution is 2.29. The van der Waals surface area contributed by atoms with E-state index in [4.69, 9.17) is 0 Å². The predicted molar refractivity (Wildman–Crippen MR) is 114 cm³/mol. The number of anilines is 1. The van der Waals surface area contributed by atoms with Gasteiger partial charge < -0.3 is 10.6 Å². The van der Waals surface area contributed by atoms with E-state index in [0.29, 0.717) is 25.5 Å².